The lowest BCUT2D eigenvalue weighted by Crippen LogP contribution is -1.94. The van der Waals surface area contributed by atoms with E-state index in [-0.39, 0.29) is 0 Å². The molecule has 0 aliphatic rings. The third-order valence-electron chi connectivity index (χ3n) is 9.50. The summed E-state index contributed by atoms with van der Waals surface area (Å²) in [5.41, 5.74) is 12.6. The predicted molar refractivity (Wildman–Crippen MR) is 202 cm³/mol. The molecule has 0 unspecified atom stereocenters. The summed E-state index contributed by atoms with van der Waals surface area (Å²) in [5, 5.41) is 11.9. The molecule has 10 rings (SSSR count). The van der Waals surface area contributed by atoms with Crippen molar-refractivity contribution in [3.05, 3.63) is 163 Å². The van der Waals surface area contributed by atoms with Crippen molar-refractivity contribution in [3.63, 3.8) is 0 Å². The molecule has 51 heavy (non-hydrogen) atoms. The van der Waals surface area contributed by atoms with Gasteiger partial charge in [0.25, 0.3) is 0 Å². The van der Waals surface area contributed by atoms with Crippen LogP contribution in [0, 0.1) is 11.3 Å². The molecule has 0 aliphatic heterocycles. The smallest absolute Gasteiger partial charge is 0.227 e. The Morgan fingerprint density at radius 3 is 1.49 bits per heavy atom. The van der Waals surface area contributed by atoms with Gasteiger partial charge in [-0.2, -0.15) is 5.26 Å². The number of rotatable bonds is 5. The molecule has 0 fully saturated rings. The molecule has 10 aromatic rings. The molecule has 238 valence electrons. The van der Waals surface area contributed by atoms with Gasteiger partial charge in [0.05, 0.1) is 22.7 Å². The van der Waals surface area contributed by atoms with Crippen LogP contribution in [0.25, 0.3) is 94.9 Å². The van der Waals surface area contributed by atoms with Crippen LogP contribution < -0.4 is 0 Å². The summed E-state index contributed by atoms with van der Waals surface area (Å²) in [6.07, 6.45) is 0. The van der Waals surface area contributed by atoms with Crippen LogP contribution in [0.5, 0.6) is 0 Å². The second kappa shape index (κ2) is 11.4. The third-order valence-corrected chi connectivity index (χ3v) is 9.50. The number of nitriles is 1. The van der Waals surface area contributed by atoms with Crippen LogP contribution in [0.15, 0.2) is 167 Å². The average Bonchev–Trinajstić information content (AvgIpc) is 3.92. The maximum atomic E-state index is 9.75. The zero-order valence-electron chi connectivity index (χ0n) is 27.1. The van der Waals surface area contributed by atoms with E-state index in [0.717, 1.165) is 83.1 Å². The Morgan fingerprint density at radius 1 is 0.471 bits per heavy atom. The minimum Gasteiger partial charge on any atom is -0.436 e. The number of hydrogen-bond acceptors (Lipinski definition) is 5. The van der Waals surface area contributed by atoms with Crippen LogP contribution >= 0.6 is 0 Å². The fraction of sp³-hybridized carbons (Fsp3) is 0. The van der Waals surface area contributed by atoms with Gasteiger partial charge in [0.1, 0.15) is 11.0 Å². The van der Waals surface area contributed by atoms with Crippen LogP contribution in [-0.2, 0) is 0 Å². The maximum Gasteiger partial charge on any atom is 0.227 e. The fourth-order valence-corrected chi connectivity index (χ4v) is 7.12. The van der Waals surface area contributed by atoms with Gasteiger partial charge in [-0.3, -0.25) is 0 Å². The molecule has 0 aliphatic carbocycles. The highest BCUT2D eigenvalue weighted by molar-refractivity contribution is 6.12. The summed E-state index contributed by atoms with van der Waals surface area (Å²) in [6.45, 7) is 0. The van der Waals surface area contributed by atoms with E-state index in [1.54, 1.807) is 0 Å². The fourth-order valence-electron chi connectivity index (χ4n) is 7.12. The van der Waals surface area contributed by atoms with Crippen molar-refractivity contribution in [1.82, 2.24) is 14.5 Å². The van der Waals surface area contributed by atoms with Gasteiger partial charge in [0.15, 0.2) is 11.2 Å². The van der Waals surface area contributed by atoms with E-state index in [4.69, 9.17) is 18.8 Å². The molecular formula is C45H26N4O2. The number of nitrogens with zero attached hydrogens (tertiary/aromatic N) is 4. The van der Waals surface area contributed by atoms with Crippen LogP contribution in [0.1, 0.15) is 5.56 Å². The highest BCUT2D eigenvalue weighted by atomic mass is 16.4. The molecule has 6 heteroatoms. The minimum absolute atomic E-state index is 0.593. The highest BCUT2D eigenvalue weighted by Gasteiger charge is 2.19. The Bertz CT molecular complexity index is 2810. The van der Waals surface area contributed by atoms with Crippen LogP contribution in [0.3, 0.4) is 0 Å². The number of hydrogen-bond donors (Lipinski definition) is 0. The van der Waals surface area contributed by atoms with Crippen molar-refractivity contribution in [1.29, 1.82) is 5.26 Å². The molecule has 0 amide bonds. The van der Waals surface area contributed by atoms with E-state index in [9.17, 15) is 5.26 Å². The van der Waals surface area contributed by atoms with Gasteiger partial charge in [-0.15, -0.1) is 0 Å². The number of aromatic nitrogens is 3. The molecule has 0 bridgehead atoms. The third kappa shape index (κ3) is 4.72. The molecule has 0 radical (unpaired) electrons. The van der Waals surface area contributed by atoms with E-state index < -0.39 is 0 Å². The van der Waals surface area contributed by atoms with Crippen molar-refractivity contribution in [2.24, 2.45) is 0 Å². The van der Waals surface area contributed by atoms with Gasteiger partial charge in [0.2, 0.25) is 11.8 Å². The summed E-state index contributed by atoms with van der Waals surface area (Å²) < 4.78 is 14.7. The van der Waals surface area contributed by atoms with Gasteiger partial charge in [0, 0.05) is 38.7 Å². The molecule has 0 spiro atoms. The molecule has 3 aromatic heterocycles. The Balaban J connectivity index is 1.19. The second-order valence-corrected chi connectivity index (χ2v) is 12.5. The molecule has 3 heterocycles. The van der Waals surface area contributed by atoms with Gasteiger partial charge in [-0.1, -0.05) is 78.9 Å². The monoisotopic (exact) mass is 654 g/mol. The standard InChI is InChI=1S/C45H26N4O2/c46-27-28-10-7-15-33(24-28)49-38-22-20-31(34-16-8-18-40-42(34)47-44(50-40)29-11-3-1-4-12-29)25-36(38)37-26-32(21-23-39(37)49)35-17-9-19-41-43(35)48-45(51-41)30-13-5-2-6-14-30/h1-26H. The lowest BCUT2D eigenvalue weighted by molar-refractivity contribution is 0.619. The van der Waals surface area contributed by atoms with E-state index in [1.165, 1.54) is 0 Å². The first-order valence-corrected chi connectivity index (χ1v) is 16.7. The summed E-state index contributed by atoms with van der Waals surface area (Å²) in [7, 11) is 0. The molecule has 0 saturated heterocycles. The topological polar surface area (TPSA) is 80.8 Å². The number of benzene rings is 7. The van der Waals surface area contributed by atoms with E-state index in [0.29, 0.717) is 17.3 Å². The lowest BCUT2D eigenvalue weighted by Gasteiger charge is -2.09. The number of fused-ring (bicyclic) bond motifs is 5. The van der Waals surface area contributed by atoms with Crippen molar-refractivity contribution >= 4 is 44.0 Å². The summed E-state index contributed by atoms with van der Waals surface area (Å²) in [6, 6.07) is 55.2. The first kappa shape index (κ1) is 28.8. The predicted octanol–water partition coefficient (Wildman–Crippen LogP) is 11.6. The van der Waals surface area contributed by atoms with Gasteiger partial charge in [-0.05, 0) is 90.0 Å². The van der Waals surface area contributed by atoms with Gasteiger partial charge in [-0.25, -0.2) is 9.97 Å². The summed E-state index contributed by atoms with van der Waals surface area (Å²) in [4.78, 5) is 9.92. The van der Waals surface area contributed by atoms with Crippen molar-refractivity contribution in [2.45, 2.75) is 0 Å². The number of oxazole rings is 2. The Morgan fingerprint density at radius 2 is 0.980 bits per heavy atom. The molecule has 6 nitrogen and oxygen atoms in total. The minimum atomic E-state index is 0.593. The van der Waals surface area contributed by atoms with Crippen LogP contribution in [0.2, 0.25) is 0 Å². The van der Waals surface area contributed by atoms with Crippen molar-refractivity contribution < 1.29 is 8.83 Å². The van der Waals surface area contributed by atoms with Crippen LogP contribution in [0.4, 0.5) is 0 Å². The Labute approximate surface area is 292 Å². The number of para-hydroxylation sites is 2. The summed E-state index contributed by atoms with van der Waals surface area (Å²) >= 11 is 0. The van der Waals surface area contributed by atoms with Gasteiger partial charge >= 0.3 is 0 Å². The largest absolute Gasteiger partial charge is 0.436 e. The molecule has 7 aromatic carbocycles. The lowest BCUT2D eigenvalue weighted by atomic mass is 9.99. The maximum absolute atomic E-state index is 9.75. The molecule has 0 N–H and O–H groups in total. The zero-order valence-corrected chi connectivity index (χ0v) is 27.1. The highest BCUT2D eigenvalue weighted by Crippen LogP contribution is 2.40. The van der Waals surface area contributed by atoms with Crippen LogP contribution in [-0.4, -0.2) is 14.5 Å². The van der Waals surface area contributed by atoms with Gasteiger partial charge < -0.3 is 13.4 Å². The van der Waals surface area contributed by atoms with Crippen molar-refractivity contribution in [3.8, 4) is 56.9 Å². The normalized spacial score (nSPS) is 11.5. The quantitative estimate of drug-likeness (QED) is 0.184. The molecule has 0 atom stereocenters. The summed E-state index contributed by atoms with van der Waals surface area (Å²) in [5.74, 6) is 1.19. The molecular weight excluding hydrogens is 629 g/mol. The van der Waals surface area contributed by atoms with E-state index in [2.05, 4.69) is 59.2 Å². The van der Waals surface area contributed by atoms with E-state index in [1.807, 2.05) is 109 Å². The first-order chi connectivity index (χ1) is 25.2. The van der Waals surface area contributed by atoms with Crippen molar-refractivity contribution in [2.75, 3.05) is 0 Å². The Kier molecular flexibility index (Phi) is 6.45. The zero-order chi connectivity index (χ0) is 33.9. The second-order valence-electron chi connectivity index (χ2n) is 12.5. The van der Waals surface area contributed by atoms with E-state index >= 15 is 0 Å². The average molecular weight is 655 g/mol. The Hall–Kier alpha value is -7.23. The first-order valence-electron chi connectivity index (χ1n) is 16.7. The SMILES string of the molecule is N#Cc1cccc(-n2c3ccc(-c4cccc5oc(-c6ccccc6)nc45)cc3c3cc(-c4cccc5oc(-c6ccccc6)nc45)ccc32)c1. The molecule has 0 saturated carbocycles.